The van der Waals surface area contributed by atoms with Crippen LogP contribution in [0.25, 0.3) is 0 Å². The van der Waals surface area contributed by atoms with E-state index in [4.69, 9.17) is 37.9 Å². The lowest BCUT2D eigenvalue weighted by molar-refractivity contribution is -0.208. The van der Waals surface area contributed by atoms with Crippen LogP contribution in [0.5, 0.6) is 0 Å². The molecular formula is C33H54O12. The fourth-order valence-electron chi connectivity index (χ4n) is 9.55. The zero-order valence-electron chi connectivity index (χ0n) is 28.7. The molecule has 0 heterocycles. The highest BCUT2D eigenvalue weighted by Crippen LogP contribution is 2.62. The van der Waals surface area contributed by atoms with Crippen LogP contribution in [0, 0.1) is 41.4 Å². The summed E-state index contributed by atoms with van der Waals surface area (Å²) in [5.74, 6) is -3.75. The summed E-state index contributed by atoms with van der Waals surface area (Å²) >= 11 is 0. The molecule has 0 aromatic carbocycles. The van der Waals surface area contributed by atoms with Crippen molar-refractivity contribution in [2.75, 3.05) is 35.0 Å². The second-order valence-electron chi connectivity index (χ2n) is 13.0. The molecule has 0 amide bonds. The average molecular weight is 643 g/mol. The van der Waals surface area contributed by atoms with Crippen molar-refractivity contribution in [3.63, 3.8) is 0 Å². The number of hydrogen-bond acceptors (Lipinski definition) is 12. The van der Waals surface area contributed by atoms with Crippen LogP contribution in [0.2, 0.25) is 0 Å². The van der Waals surface area contributed by atoms with E-state index in [-0.39, 0.29) is 41.6 Å². The summed E-state index contributed by atoms with van der Waals surface area (Å²) in [5, 5.41) is 0. The fourth-order valence-corrected chi connectivity index (χ4v) is 9.55. The number of methoxy groups -OCH3 is 4. The van der Waals surface area contributed by atoms with Gasteiger partial charge in [0.2, 0.25) is 0 Å². The summed E-state index contributed by atoms with van der Waals surface area (Å²) in [5.41, 5.74) is -1.24. The molecule has 0 aliphatic heterocycles. The molecule has 3 aliphatic carbocycles. The molecule has 0 saturated heterocycles. The molecule has 14 atom stereocenters. The van der Waals surface area contributed by atoms with Crippen molar-refractivity contribution in [1.82, 2.24) is 0 Å². The minimum absolute atomic E-state index is 0.201. The Kier molecular flexibility index (Phi) is 12.8. The van der Waals surface area contributed by atoms with E-state index in [9.17, 15) is 19.2 Å². The van der Waals surface area contributed by atoms with E-state index in [1.165, 1.54) is 34.8 Å². The third kappa shape index (κ3) is 7.34. The Hall–Kier alpha value is -2.28. The minimum atomic E-state index is -1.24. The molecule has 0 spiro atoms. The first-order valence-corrected chi connectivity index (χ1v) is 16.0. The van der Waals surface area contributed by atoms with Crippen LogP contribution < -0.4 is 0 Å². The molecule has 1 unspecified atom stereocenters. The quantitative estimate of drug-likeness (QED) is 0.228. The first-order valence-electron chi connectivity index (χ1n) is 16.0. The van der Waals surface area contributed by atoms with E-state index < -0.39 is 65.9 Å². The number of carbonyl (C=O) groups excluding carboxylic acids is 4. The molecule has 0 aromatic rings. The Labute approximate surface area is 267 Å². The third-order valence-electron chi connectivity index (χ3n) is 10.7. The number of rotatable bonds is 12. The Morgan fingerprint density at radius 3 is 1.89 bits per heavy atom. The van der Waals surface area contributed by atoms with Gasteiger partial charge in [0.1, 0.15) is 30.0 Å². The van der Waals surface area contributed by atoms with Crippen molar-refractivity contribution >= 4 is 23.9 Å². The summed E-state index contributed by atoms with van der Waals surface area (Å²) in [7, 11) is 6.43. The fraction of sp³-hybridized carbons (Fsp3) is 0.879. The summed E-state index contributed by atoms with van der Waals surface area (Å²) in [6.45, 7) is 11.5. The molecular weight excluding hydrogens is 588 g/mol. The number of ether oxygens (including phenoxy) is 8. The second-order valence-corrected chi connectivity index (χ2v) is 13.0. The highest BCUT2D eigenvalue weighted by molar-refractivity contribution is 5.68. The Bertz CT molecular complexity index is 1050. The molecule has 0 radical (unpaired) electrons. The molecule has 3 aliphatic rings. The molecule has 0 aromatic heterocycles. The van der Waals surface area contributed by atoms with Crippen LogP contribution in [0.4, 0.5) is 0 Å². The average Bonchev–Trinajstić information content (AvgIpc) is 3.15. The Morgan fingerprint density at radius 2 is 1.42 bits per heavy atom. The van der Waals surface area contributed by atoms with Crippen molar-refractivity contribution in [3.05, 3.63) is 0 Å². The van der Waals surface area contributed by atoms with Gasteiger partial charge >= 0.3 is 23.9 Å². The molecule has 258 valence electrons. The summed E-state index contributed by atoms with van der Waals surface area (Å²) < 4.78 is 48.4. The maximum atomic E-state index is 12.9. The van der Waals surface area contributed by atoms with Crippen LogP contribution in [-0.4, -0.2) is 101 Å². The van der Waals surface area contributed by atoms with Gasteiger partial charge in [-0.3, -0.25) is 19.2 Å². The van der Waals surface area contributed by atoms with E-state index >= 15 is 0 Å². The van der Waals surface area contributed by atoms with Crippen molar-refractivity contribution < 1.29 is 57.1 Å². The van der Waals surface area contributed by atoms with Gasteiger partial charge in [0, 0.05) is 86.2 Å². The van der Waals surface area contributed by atoms with E-state index in [2.05, 4.69) is 0 Å². The predicted molar refractivity (Wildman–Crippen MR) is 161 cm³/mol. The molecule has 12 nitrogen and oxygen atoms in total. The number of hydrogen-bond donors (Lipinski definition) is 0. The van der Waals surface area contributed by atoms with Crippen LogP contribution in [0.1, 0.15) is 67.7 Å². The molecule has 3 rings (SSSR count). The molecule has 3 fully saturated rings. The summed E-state index contributed by atoms with van der Waals surface area (Å²) in [6.07, 6.45) is -2.11. The van der Waals surface area contributed by atoms with Crippen LogP contribution >= 0.6 is 0 Å². The Balaban J connectivity index is 2.35. The van der Waals surface area contributed by atoms with Gasteiger partial charge in [-0.25, -0.2) is 0 Å². The SMILES string of the molecule is CC[C@@H]1[C@H](OC)[C@H]2C([C@@H](OC)C[C@@H](OC(C)=O)[C@@H]2COC)[C@@H]2C[C@](OC(C)=O)([C@@H](OC)[C@@H](C)OC(C)=O)[C@H](C)[C@@H]2[C@H]1OC(C)=O. The summed E-state index contributed by atoms with van der Waals surface area (Å²) in [4.78, 5) is 50.0. The van der Waals surface area contributed by atoms with E-state index in [1.54, 1.807) is 28.3 Å². The zero-order valence-corrected chi connectivity index (χ0v) is 28.7. The topological polar surface area (TPSA) is 142 Å². The van der Waals surface area contributed by atoms with Gasteiger partial charge in [-0.2, -0.15) is 0 Å². The van der Waals surface area contributed by atoms with Gasteiger partial charge < -0.3 is 37.9 Å². The van der Waals surface area contributed by atoms with Gasteiger partial charge in [-0.1, -0.05) is 13.8 Å². The van der Waals surface area contributed by atoms with Crippen molar-refractivity contribution in [2.45, 2.75) is 110 Å². The maximum absolute atomic E-state index is 12.9. The molecule has 0 N–H and O–H groups in total. The van der Waals surface area contributed by atoms with Crippen molar-refractivity contribution in [2.24, 2.45) is 41.4 Å². The zero-order chi connectivity index (χ0) is 33.8. The van der Waals surface area contributed by atoms with E-state index in [0.717, 1.165) is 0 Å². The van der Waals surface area contributed by atoms with E-state index in [1.807, 2.05) is 13.8 Å². The molecule has 3 saturated carbocycles. The van der Waals surface area contributed by atoms with Crippen LogP contribution in [0.3, 0.4) is 0 Å². The largest absolute Gasteiger partial charge is 0.462 e. The van der Waals surface area contributed by atoms with Gasteiger partial charge in [-0.15, -0.1) is 0 Å². The monoisotopic (exact) mass is 642 g/mol. The maximum Gasteiger partial charge on any atom is 0.303 e. The molecule has 45 heavy (non-hydrogen) atoms. The van der Waals surface area contributed by atoms with Gasteiger partial charge in [0.05, 0.1) is 18.8 Å². The number of esters is 4. The number of fused-ring (bicyclic) bond motifs is 3. The highest BCUT2D eigenvalue weighted by atomic mass is 16.6. The smallest absolute Gasteiger partial charge is 0.303 e. The van der Waals surface area contributed by atoms with Gasteiger partial charge in [0.15, 0.2) is 0 Å². The lowest BCUT2D eigenvalue weighted by Gasteiger charge is -2.51. The first kappa shape index (κ1) is 37.2. The molecule has 0 bridgehead atoms. The molecule has 12 heteroatoms. The predicted octanol–water partition coefficient (Wildman–Crippen LogP) is 3.36. The number of carbonyl (C=O) groups is 4. The van der Waals surface area contributed by atoms with Gasteiger partial charge in [-0.05, 0) is 37.5 Å². The third-order valence-corrected chi connectivity index (χ3v) is 10.7. The van der Waals surface area contributed by atoms with E-state index in [0.29, 0.717) is 25.9 Å². The highest BCUT2D eigenvalue weighted by Gasteiger charge is 2.69. The first-order chi connectivity index (χ1) is 21.2. The minimum Gasteiger partial charge on any atom is -0.462 e. The lowest BCUT2D eigenvalue weighted by atomic mass is 9.61. The lowest BCUT2D eigenvalue weighted by Crippen LogP contribution is -2.58. The summed E-state index contributed by atoms with van der Waals surface area (Å²) in [6, 6.07) is 0. The van der Waals surface area contributed by atoms with Gasteiger partial charge in [0.25, 0.3) is 0 Å². The normalized spacial score (nSPS) is 39.0. The van der Waals surface area contributed by atoms with Crippen molar-refractivity contribution in [3.8, 4) is 0 Å². The van der Waals surface area contributed by atoms with Crippen molar-refractivity contribution in [1.29, 1.82) is 0 Å². The second kappa shape index (κ2) is 15.5. The van der Waals surface area contributed by atoms with Crippen LogP contribution in [-0.2, 0) is 57.1 Å². The standard InChI is InChI=1S/C33H54O12/c1-12-22-30(40-10)29-24(15-38-8)25(43-19(5)35)13-26(39-9)28(29)23-14-33(45-21(7)37,32(41-11)17(3)42-18(4)34)16(2)27(23)31(22)44-20(6)36/h16-17,22-32H,12-15H2,1-11H3/t16-,17-,22-,23-,24+,25-,26+,27+,28?,29-,30+,31+,32+,33-/m1/s1. The van der Waals surface area contributed by atoms with Crippen LogP contribution in [0.15, 0.2) is 0 Å². The Morgan fingerprint density at radius 1 is 0.778 bits per heavy atom.